The van der Waals surface area contributed by atoms with Crippen molar-refractivity contribution in [2.24, 2.45) is 0 Å². The second kappa shape index (κ2) is 6.86. The number of fused-ring (bicyclic) bond motifs is 1. The molecular formula is C26H28S2. The Hall–Kier alpha value is -1.90. The molecule has 0 amide bonds. The molecule has 0 radical (unpaired) electrons. The highest BCUT2D eigenvalue weighted by Gasteiger charge is 2.23. The monoisotopic (exact) mass is 404 g/mol. The minimum atomic E-state index is 0.0990. The maximum absolute atomic E-state index is 2.43. The molecule has 0 saturated heterocycles. The summed E-state index contributed by atoms with van der Waals surface area (Å²) in [6.07, 6.45) is 0. The fourth-order valence-electron chi connectivity index (χ4n) is 3.86. The van der Waals surface area contributed by atoms with Gasteiger partial charge >= 0.3 is 0 Å². The van der Waals surface area contributed by atoms with Crippen molar-refractivity contribution in [3.8, 4) is 20.9 Å². The molecule has 4 aromatic rings. The van der Waals surface area contributed by atoms with Gasteiger partial charge in [-0.25, -0.2) is 0 Å². The molecule has 4 rings (SSSR count). The van der Waals surface area contributed by atoms with Crippen molar-refractivity contribution >= 4 is 33.4 Å². The predicted octanol–water partition coefficient (Wildman–Crippen LogP) is 8.89. The number of hydrogen-bond donors (Lipinski definition) is 0. The molecule has 0 aliphatic carbocycles. The molecule has 2 aromatic carbocycles. The molecule has 0 nitrogen and oxygen atoms in total. The lowest BCUT2D eigenvalue weighted by Crippen LogP contribution is -2.14. The van der Waals surface area contributed by atoms with Crippen LogP contribution in [0.25, 0.3) is 31.7 Å². The molecular weight excluding hydrogens is 376 g/mol. The summed E-state index contributed by atoms with van der Waals surface area (Å²) in [5.74, 6) is 0. The summed E-state index contributed by atoms with van der Waals surface area (Å²) < 4.78 is 0. The lowest BCUT2D eigenvalue weighted by atomic mass is 9.79. The van der Waals surface area contributed by atoms with Gasteiger partial charge in [-0.1, -0.05) is 53.7 Å². The van der Waals surface area contributed by atoms with Crippen molar-refractivity contribution in [2.45, 2.75) is 52.4 Å². The Bertz CT molecular complexity index is 1010. The van der Waals surface area contributed by atoms with E-state index in [-0.39, 0.29) is 10.8 Å². The van der Waals surface area contributed by atoms with Crippen molar-refractivity contribution in [3.63, 3.8) is 0 Å². The average molecular weight is 405 g/mol. The van der Waals surface area contributed by atoms with Crippen LogP contribution in [-0.2, 0) is 10.8 Å². The van der Waals surface area contributed by atoms with Crippen molar-refractivity contribution in [1.29, 1.82) is 0 Å². The lowest BCUT2D eigenvalue weighted by molar-refractivity contribution is 0.591. The van der Waals surface area contributed by atoms with Gasteiger partial charge in [0.15, 0.2) is 0 Å². The first-order chi connectivity index (χ1) is 13.1. The van der Waals surface area contributed by atoms with Crippen LogP contribution in [0.5, 0.6) is 0 Å². The SMILES string of the molecule is CC(C)(C)c1cc2cc(C(C)(C)C)c(-c3cccs3)cc2cc1-c1cccs1. The highest BCUT2D eigenvalue weighted by atomic mass is 32.1. The van der Waals surface area contributed by atoms with E-state index in [4.69, 9.17) is 0 Å². The van der Waals surface area contributed by atoms with E-state index in [1.807, 2.05) is 22.7 Å². The molecule has 0 spiro atoms. The maximum atomic E-state index is 2.43. The van der Waals surface area contributed by atoms with Gasteiger partial charge in [0.1, 0.15) is 0 Å². The molecule has 0 aliphatic heterocycles. The third kappa shape index (κ3) is 3.56. The molecule has 0 unspecified atom stereocenters. The average Bonchev–Trinajstić information content (AvgIpc) is 3.31. The van der Waals surface area contributed by atoms with Crippen LogP contribution in [0, 0.1) is 0 Å². The Kier molecular flexibility index (Phi) is 4.76. The fourth-order valence-corrected chi connectivity index (χ4v) is 5.38. The molecule has 0 saturated carbocycles. The number of rotatable bonds is 2. The van der Waals surface area contributed by atoms with E-state index >= 15 is 0 Å². The second-order valence-corrected chi connectivity index (χ2v) is 11.5. The zero-order valence-electron chi connectivity index (χ0n) is 17.6. The second-order valence-electron chi connectivity index (χ2n) is 9.60. The Morgan fingerprint density at radius 3 is 1.29 bits per heavy atom. The van der Waals surface area contributed by atoms with E-state index in [1.165, 1.54) is 42.8 Å². The van der Waals surface area contributed by atoms with Crippen LogP contribution in [0.15, 0.2) is 59.3 Å². The number of thiophene rings is 2. The molecule has 2 heteroatoms. The van der Waals surface area contributed by atoms with Crippen LogP contribution in [0.1, 0.15) is 52.7 Å². The molecule has 2 aromatic heterocycles. The van der Waals surface area contributed by atoms with Crippen LogP contribution in [0.3, 0.4) is 0 Å². The van der Waals surface area contributed by atoms with E-state index in [9.17, 15) is 0 Å². The summed E-state index contributed by atoms with van der Waals surface area (Å²) in [6.45, 7) is 13.9. The quantitative estimate of drug-likeness (QED) is 0.313. The van der Waals surface area contributed by atoms with Gasteiger partial charge in [-0.2, -0.15) is 0 Å². The zero-order chi connectivity index (χ0) is 20.1. The summed E-state index contributed by atoms with van der Waals surface area (Å²) in [5, 5.41) is 7.01. The first-order valence-electron chi connectivity index (χ1n) is 9.85. The van der Waals surface area contributed by atoms with Gasteiger partial charge < -0.3 is 0 Å². The van der Waals surface area contributed by atoms with Gasteiger partial charge in [0, 0.05) is 9.75 Å². The Labute approximate surface area is 176 Å². The molecule has 144 valence electrons. The standard InChI is InChI=1S/C26H28S2/c1-25(2,3)21-15-18-16-22(26(4,5)6)20(24-10-8-12-28-24)14-17(18)13-19(21)23-9-7-11-27-23/h7-16H,1-6H3. The first kappa shape index (κ1) is 19.4. The smallest absolute Gasteiger partial charge is 0.0345 e. The molecule has 0 N–H and O–H groups in total. The highest BCUT2D eigenvalue weighted by molar-refractivity contribution is 7.13. The van der Waals surface area contributed by atoms with Crippen LogP contribution in [0.4, 0.5) is 0 Å². The van der Waals surface area contributed by atoms with Crippen LogP contribution in [-0.4, -0.2) is 0 Å². The molecule has 0 bridgehead atoms. The lowest BCUT2D eigenvalue weighted by Gasteiger charge is -2.26. The zero-order valence-corrected chi connectivity index (χ0v) is 19.2. The largest absolute Gasteiger partial charge is 0.144 e. The predicted molar refractivity (Wildman–Crippen MR) is 128 cm³/mol. The fraction of sp³-hybridized carbons (Fsp3) is 0.308. The van der Waals surface area contributed by atoms with Gasteiger partial charge in [-0.05, 0) is 91.0 Å². The summed E-state index contributed by atoms with van der Waals surface area (Å²) in [6, 6.07) is 18.5. The van der Waals surface area contributed by atoms with Crippen LogP contribution >= 0.6 is 22.7 Å². The normalized spacial score (nSPS) is 12.6. The molecule has 0 fully saturated rings. The van der Waals surface area contributed by atoms with Crippen molar-refractivity contribution in [1.82, 2.24) is 0 Å². The van der Waals surface area contributed by atoms with Crippen molar-refractivity contribution < 1.29 is 0 Å². The van der Waals surface area contributed by atoms with E-state index in [0.29, 0.717) is 0 Å². The van der Waals surface area contributed by atoms with E-state index in [0.717, 1.165) is 0 Å². The summed E-state index contributed by atoms with van der Waals surface area (Å²) in [5.41, 5.74) is 5.78. The summed E-state index contributed by atoms with van der Waals surface area (Å²) in [4.78, 5) is 2.70. The molecule has 0 aliphatic rings. The molecule has 28 heavy (non-hydrogen) atoms. The van der Waals surface area contributed by atoms with Crippen molar-refractivity contribution in [2.75, 3.05) is 0 Å². The van der Waals surface area contributed by atoms with Crippen molar-refractivity contribution in [3.05, 3.63) is 70.4 Å². The van der Waals surface area contributed by atoms with Gasteiger partial charge in [-0.3, -0.25) is 0 Å². The summed E-state index contributed by atoms with van der Waals surface area (Å²) in [7, 11) is 0. The third-order valence-corrected chi connectivity index (χ3v) is 7.11. The molecule has 2 heterocycles. The Balaban J connectivity index is 2.06. The first-order valence-corrected chi connectivity index (χ1v) is 11.6. The van der Waals surface area contributed by atoms with Gasteiger partial charge in [-0.15, -0.1) is 22.7 Å². The third-order valence-electron chi connectivity index (χ3n) is 5.30. The number of hydrogen-bond acceptors (Lipinski definition) is 2. The van der Waals surface area contributed by atoms with E-state index < -0.39 is 0 Å². The van der Waals surface area contributed by atoms with E-state index in [1.54, 1.807) is 0 Å². The van der Waals surface area contributed by atoms with Gasteiger partial charge in [0.05, 0.1) is 0 Å². The topological polar surface area (TPSA) is 0 Å². The Morgan fingerprint density at radius 1 is 0.571 bits per heavy atom. The number of benzene rings is 2. The van der Waals surface area contributed by atoms with Gasteiger partial charge in [0.25, 0.3) is 0 Å². The van der Waals surface area contributed by atoms with Crippen LogP contribution in [0.2, 0.25) is 0 Å². The highest BCUT2D eigenvalue weighted by Crippen LogP contribution is 2.42. The minimum Gasteiger partial charge on any atom is -0.144 e. The van der Waals surface area contributed by atoms with E-state index in [2.05, 4.69) is 101 Å². The molecule has 0 atom stereocenters. The summed E-state index contributed by atoms with van der Waals surface area (Å²) >= 11 is 3.65. The Morgan fingerprint density at radius 2 is 0.964 bits per heavy atom. The van der Waals surface area contributed by atoms with Gasteiger partial charge in [0.2, 0.25) is 0 Å². The maximum Gasteiger partial charge on any atom is 0.0345 e. The van der Waals surface area contributed by atoms with Crippen LogP contribution < -0.4 is 0 Å². The minimum absolute atomic E-state index is 0.0990.